The highest BCUT2D eigenvalue weighted by molar-refractivity contribution is 7.13. The van der Waals surface area contributed by atoms with E-state index >= 15 is 0 Å². The van der Waals surface area contributed by atoms with Crippen LogP contribution in [0, 0.1) is 6.92 Å². The Hall–Kier alpha value is -0.580. The number of alkyl halides is 1. The zero-order chi connectivity index (χ0) is 12.0. The first kappa shape index (κ1) is 13.5. The molecule has 0 saturated heterocycles. The number of nitrogens with one attached hydrogen (secondary N) is 1. The highest BCUT2D eigenvalue weighted by Gasteiger charge is 2.14. The summed E-state index contributed by atoms with van der Waals surface area (Å²) >= 11 is 7.15. The van der Waals surface area contributed by atoms with Crippen LogP contribution in [-0.4, -0.2) is 31.5 Å². The highest BCUT2D eigenvalue weighted by atomic mass is 35.5. The molecule has 1 rings (SSSR count). The fraction of sp³-hybridized carbons (Fsp3) is 0.545. The average Bonchev–Trinajstić information content (AvgIpc) is 2.65. The molecule has 0 aliphatic heterocycles. The van der Waals surface area contributed by atoms with Gasteiger partial charge < -0.3 is 10.1 Å². The lowest BCUT2D eigenvalue weighted by atomic mass is 10.2. The minimum absolute atomic E-state index is 0.0163. The number of thiophene rings is 1. The lowest BCUT2D eigenvalue weighted by Gasteiger charge is -2.15. The maximum absolute atomic E-state index is 11.8. The van der Waals surface area contributed by atoms with Gasteiger partial charge in [-0.15, -0.1) is 22.9 Å². The number of carbonyl (C=O) groups is 1. The van der Waals surface area contributed by atoms with E-state index in [-0.39, 0.29) is 11.9 Å². The summed E-state index contributed by atoms with van der Waals surface area (Å²) in [5.74, 6) is 0.461. The molecular weight excluding hydrogens is 246 g/mol. The van der Waals surface area contributed by atoms with Gasteiger partial charge in [-0.25, -0.2) is 0 Å². The third-order valence-corrected chi connectivity index (χ3v) is 3.34. The van der Waals surface area contributed by atoms with Crippen LogP contribution in [0.3, 0.4) is 0 Å². The smallest absolute Gasteiger partial charge is 0.261 e. The molecule has 0 bridgehead atoms. The predicted octanol–water partition coefficient (Wildman–Crippen LogP) is 2.43. The average molecular weight is 262 g/mol. The third-order valence-electron chi connectivity index (χ3n) is 2.12. The van der Waals surface area contributed by atoms with Crippen molar-refractivity contribution in [3.05, 3.63) is 21.9 Å². The molecule has 1 heterocycles. The Morgan fingerprint density at radius 1 is 1.62 bits per heavy atom. The zero-order valence-corrected chi connectivity index (χ0v) is 11.0. The summed E-state index contributed by atoms with van der Waals surface area (Å²) in [5.41, 5.74) is 0. The van der Waals surface area contributed by atoms with Gasteiger partial charge in [0.05, 0.1) is 17.5 Å². The third kappa shape index (κ3) is 4.12. The second kappa shape index (κ2) is 6.89. The standard InChI is InChI=1S/C11H16ClNO2S/c1-8-3-4-10(16-8)11(14)13-9(5-6-12)7-15-2/h3-4,9H,5-7H2,1-2H3,(H,13,14). The maximum atomic E-state index is 11.8. The van der Waals surface area contributed by atoms with Gasteiger partial charge in [0.15, 0.2) is 0 Å². The van der Waals surface area contributed by atoms with E-state index < -0.39 is 0 Å². The molecule has 0 spiro atoms. The van der Waals surface area contributed by atoms with Crippen molar-refractivity contribution >= 4 is 28.8 Å². The largest absolute Gasteiger partial charge is 0.383 e. The van der Waals surface area contributed by atoms with Crippen LogP contribution >= 0.6 is 22.9 Å². The van der Waals surface area contributed by atoms with Crippen molar-refractivity contribution in [3.63, 3.8) is 0 Å². The zero-order valence-electron chi connectivity index (χ0n) is 9.46. The molecule has 0 aliphatic rings. The predicted molar refractivity (Wildman–Crippen MR) is 67.5 cm³/mol. The molecule has 0 saturated carbocycles. The molecule has 1 unspecified atom stereocenters. The molecule has 1 aromatic rings. The summed E-state index contributed by atoms with van der Waals surface area (Å²) in [4.78, 5) is 13.7. The Bertz CT molecular complexity index is 334. The van der Waals surface area contributed by atoms with Crippen LogP contribution in [0.25, 0.3) is 0 Å². The Labute approximate surface area is 105 Å². The Morgan fingerprint density at radius 3 is 2.88 bits per heavy atom. The molecule has 0 radical (unpaired) electrons. The van der Waals surface area contributed by atoms with Crippen LogP contribution in [0.15, 0.2) is 12.1 Å². The van der Waals surface area contributed by atoms with Crippen molar-refractivity contribution in [2.45, 2.75) is 19.4 Å². The first-order valence-electron chi connectivity index (χ1n) is 5.09. The lowest BCUT2D eigenvalue weighted by Crippen LogP contribution is -2.38. The van der Waals surface area contributed by atoms with Crippen molar-refractivity contribution in [2.24, 2.45) is 0 Å². The van der Waals surface area contributed by atoms with Crippen molar-refractivity contribution in [1.82, 2.24) is 5.32 Å². The number of amides is 1. The van der Waals surface area contributed by atoms with Crippen LogP contribution in [0.1, 0.15) is 21.0 Å². The van der Waals surface area contributed by atoms with Crippen LogP contribution in [0.5, 0.6) is 0 Å². The van der Waals surface area contributed by atoms with Gasteiger partial charge in [-0.05, 0) is 25.5 Å². The van der Waals surface area contributed by atoms with Gasteiger partial charge in [-0.2, -0.15) is 0 Å². The van der Waals surface area contributed by atoms with Crippen molar-refractivity contribution < 1.29 is 9.53 Å². The SMILES string of the molecule is COCC(CCCl)NC(=O)c1ccc(C)s1. The summed E-state index contributed by atoms with van der Waals surface area (Å²) < 4.78 is 5.03. The number of rotatable bonds is 6. The molecule has 0 fully saturated rings. The van der Waals surface area contributed by atoms with Crippen molar-refractivity contribution in [1.29, 1.82) is 0 Å². The minimum Gasteiger partial charge on any atom is -0.383 e. The fourth-order valence-corrected chi connectivity index (χ4v) is 2.38. The highest BCUT2D eigenvalue weighted by Crippen LogP contribution is 2.15. The van der Waals surface area contributed by atoms with E-state index in [9.17, 15) is 4.79 Å². The molecule has 16 heavy (non-hydrogen) atoms. The normalized spacial score (nSPS) is 12.4. The van der Waals surface area contributed by atoms with Crippen LogP contribution in [-0.2, 0) is 4.74 Å². The van der Waals surface area contributed by atoms with Crippen molar-refractivity contribution in [3.8, 4) is 0 Å². The summed E-state index contributed by atoms with van der Waals surface area (Å²) in [5, 5.41) is 2.91. The monoisotopic (exact) mass is 261 g/mol. The van der Waals surface area contributed by atoms with Gasteiger partial charge >= 0.3 is 0 Å². The Kier molecular flexibility index (Phi) is 5.80. The van der Waals surface area contributed by atoms with E-state index in [4.69, 9.17) is 16.3 Å². The number of halogens is 1. The van der Waals surface area contributed by atoms with Gasteiger partial charge in [-0.1, -0.05) is 0 Å². The molecule has 0 aliphatic carbocycles. The first-order valence-corrected chi connectivity index (χ1v) is 6.44. The quantitative estimate of drug-likeness (QED) is 0.799. The molecule has 90 valence electrons. The maximum Gasteiger partial charge on any atom is 0.261 e. The number of hydrogen-bond donors (Lipinski definition) is 1. The molecule has 1 atom stereocenters. The van der Waals surface area contributed by atoms with E-state index in [1.807, 2.05) is 19.1 Å². The second-order valence-electron chi connectivity index (χ2n) is 3.51. The number of methoxy groups -OCH3 is 1. The minimum atomic E-state index is -0.0507. The number of hydrogen-bond acceptors (Lipinski definition) is 3. The number of aryl methyl sites for hydroxylation is 1. The summed E-state index contributed by atoms with van der Waals surface area (Å²) in [7, 11) is 1.61. The van der Waals surface area contributed by atoms with Gasteiger partial charge in [0, 0.05) is 17.9 Å². The molecule has 0 aromatic carbocycles. The summed E-state index contributed by atoms with van der Waals surface area (Å²) in [6.45, 7) is 2.47. The Balaban J connectivity index is 2.54. The molecule has 1 N–H and O–H groups in total. The van der Waals surface area contributed by atoms with Crippen LogP contribution < -0.4 is 5.32 Å². The summed E-state index contributed by atoms with van der Waals surface area (Å²) in [6.07, 6.45) is 0.714. The van der Waals surface area contributed by atoms with Crippen LogP contribution in [0.4, 0.5) is 0 Å². The summed E-state index contributed by atoms with van der Waals surface area (Å²) in [6, 6.07) is 3.75. The molecule has 3 nitrogen and oxygen atoms in total. The number of carbonyl (C=O) groups excluding carboxylic acids is 1. The van der Waals surface area contributed by atoms with Gasteiger partial charge in [0.25, 0.3) is 5.91 Å². The van der Waals surface area contributed by atoms with Crippen molar-refractivity contribution in [2.75, 3.05) is 19.6 Å². The van der Waals surface area contributed by atoms with E-state index in [0.29, 0.717) is 18.9 Å². The molecular formula is C11H16ClNO2S. The van der Waals surface area contributed by atoms with Gasteiger partial charge in [-0.3, -0.25) is 4.79 Å². The number of ether oxygens (including phenoxy) is 1. The molecule has 1 amide bonds. The second-order valence-corrected chi connectivity index (χ2v) is 5.18. The fourth-order valence-electron chi connectivity index (χ4n) is 1.34. The first-order chi connectivity index (χ1) is 7.67. The van der Waals surface area contributed by atoms with Gasteiger partial charge in [0.1, 0.15) is 0 Å². The lowest BCUT2D eigenvalue weighted by molar-refractivity contribution is 0.0899. The Morgan fingerprint density at radius 2 is 2.38 bits per heavy atom. The van der Waals surface area contributed by atoms with Gasteiger partial charge in [0.2, 0.25) is 0 Å². The van der Waals surface area contributed by atoms with Crippen LogP contribution in [0.2, 0.25) is 0 Å². The topological polar surface area (TPSA) is 38.3 Å². The van der Waals surface area contributed by atoms with E-state index in [1.54, 1.807) is 7.11 Å². The van der Waals surface area contributed by atoms with E-state index in [1.165, 1.54) is 11.3 Å². The molecule has 1 aromatic heterocycles. The van der Waals surface area contributed by atoms with E-state index in [2.05, 4.69) is 5.32 Å². The molecule has 5 heteroatoms. The van der Waals surface area contributed by atoms with E-state index in [0.717, 1.165) is 9.75 Å².